The van der Waals surface area contributed by atoms with Crippen molar-refractivity contribution in [1.29, 1.82) is 0 Å². The molecule has 0 heterocycles. The number of carbonyl (C=O) groups is 1. The predicted octanol–water partition coefficient (Wildman–Crippen LogP) is 3.77. The number of carbonyl (C=O) groups excluding carboxylic acids is 1. The van der Waals surface area contributed by atoms with Crippen molar-refractivity contribution in [2.75, 3.05) is 32.6 Å². The number of ether oxygens (including phenoxy) is 3. The monoisotopic (exact) mass is 394 g/mol. The highest BCUT2D eigenvalue weighted by Gasteiger charge is 2.14. The fourth-order valence-electron chi connectivity index (χ4n) is 2.66. The van der Waals surface area contributed by atoms with E-state index in [-0.39, 0.29) is 24.0 Å². The van der Waals surface area contributed by atoms with Crippen molar-refractivity contribution in [2.24, 2.45) is 0 Å². The molecule has 0 spiro atoms. The Morgan fingerprint density at radius 3 is 2.57 bits per heavy atom. The molecule has 0 aliphatic heterocycles. The number of methoxy groups -OCH3 is 1. The van der Waals surface area contributed by atoms with Gasteiger partial charge in [0.1, 0.15) is 5.75 Å². The van der Waals surface area contributed by atoms with Gasteiger partial charge in [-0.05, 0) is 43.8 Å². The number of benzene rings is 2. The van der Waals surface area contributed by atoms with E-state index in [1.165, 1.54) is 13.2 Å². The van der Waals surface area contributed by atoms with Crippen molar-refractivity contribution in [2.45, 2.75) is 20.1 Å². The summed E-state index contributed by atoms with van der Waals surface area (Å²) in [5, 5.41) is 2.83. The molecule has 152 valence electrons. The highest BCUT2D eigenvalue weighted by atomic mass is 19.3. The Morgan fingerprint density at radius 2 is 1.89 bits per heavy atom. The highest BCUT2D eigenvalue weighted by molar-refractivity contribution is 5.93. The van der Waals surface area contributed by atoms with E-state index in [9.17, 15) is 13.6 Å². The second-order valence-corrected chi connectivity index (χ2v) is 6.01. The third kappa shape index (κ3) is 6.38. The lowest BCUT2D eigenvalue weighted by Crippen LogP contribution is -2.30. The minimum absolute atomic E-state index is 0.0332. The number of hydrogen-bond donors (Lipinski definition) is 1. The van der Waals surface area contributed by atoms with Crippen molar-refractivity contribution < 1.29 is 27.8 Å². The predicted molar refractivity (Wildman–Crippen MR) is 102 cm³/mol. The number of anilines is 1. The smallest absolute Gasteiger partial charge is 0.387 e. The van der Waals surface area contributed by atoms with E-state index in [0.29, 0.717) is 24.6 Å². The maximum absolute atomic E-state index is 12.4. The molecule has 0 fully saturated rings. The second kappa shape index (κ2) is 10.5. The van der Waals surface area contributed by atoms with Gasteiger partial charge in [0.2, 0.25) is 5.91 Å². The van der Waals surface area contributed by atoms with E-state index >= 15 is 0 Å². The Labute approximate surface area is 163 Å². The number of alkyl halides is 2. The normalized spacial score (nSPS) is 10.8. The van der Waals surface area contributed by atoms with E-state index in [1.807, 2.05) is 19.1 Å². The fourth-order valence-corrected chi connectivity index (χ4v) is 2.66. The minimum Gasteiger partial charge on any atom is -0.493 e. The van der Waals surface area contributed by atoms with Crippen LogP contribution in [0, 0.1) is 0 Å². The number of likely N-dealkylation sites (N-methyl/N-ethyl adjacent to an activating group) is 1. The Bertz CT molecular complexity index is 787. The molecular formula is C20H24F2N2O4. The van der Waals surface area contributed by atoms with Crippen LogP contribution in [0.2, 0.25) is 0 Å². The van der Waals surface area contributed by atoms with E-state index < -0.39 is 6.61 Å². The van der Waals surface area contributed by atoms with Crippen LogP contribution in [-0.2, 0) is 11.3 Å². The molecule has 1 amide bonds. The molecule has 0 bridgehead atoms. The van der Waals surface area contributed by atoms with Gasteiger partial charge in [-0.25, -0.2) is 0 Å². The number of nitrogens with zero attached hydrogens (tertiary/aromatic N) is 1. The quantitative estimate of drug-likeness (QED) is 0.665. The van der Waals surface area contributed by atoms with E-state index in [0.717, 1.165) is 5.56 Å². The van der Waals surface area contributed by atoms with Crippen molar-refractivity contribution in [1.82, 2.24) is 4.90 Å². The van der Waals surface area contributed by atoms with Gasteiger partial charge >= 0.3 is 6.61 Å². The lowest BCUT2D eigenvalue weighted by atomic mass is 10.2. The maximum Gasteiger partial charge on any atom is 0.387 e. The summed E-state index contributed by atoms with van der Waals surface area (Å²) >= 11 is 0. The number of halogens is 2. The van der Waals surface area contributed by atoms with Crippen molar-refractivity contribution in [3.63, 3.8) is 0 Å². The van der Waals surface area contributed by atoms with Gasteiger partial charge in [0.25, 0.3) is 0 Å². The van der Waals surface area contributed by atoms with Crippen LogP contribution in [0.1, 0.15) is 12.5 Å². The Morgan fingerprint density at radius 1 is 1.14 bits per heavy atom. The summed E-state index contributed by atoms with van der Waals surface area (Å²) < 4.78 is 39.8. The molecule has 8 heteroatoms. The molecule has 0 saturated heterocycles. The molecule has 0 saturated carbocycles. The van der Waals surface area contributed by atoms with Crippen LogP contribution >= 0.6 is 0 Å². The zero-order chi connectivity index (χ0) is 20.5. The molecule has 0 atom stereocenters. The van der Waals surface area contributed by atoms with Crippen LogP contribution in [0.25, 0.3) is 0 Å². The number of amides is 1. The summed E-state index contributed by atoms with van der Waals surface area (Å²) in [6.07, 6.45) is 0. The lowest BCUT2D eigenvalue weighted by molar-refractivity contribution is -0.117. The second-order valence-electron chi connectivity index (χ2n) is 6.01. The first-order valence-corrected chi connectivity index (χ1v) is 8.74. The third-order valence-electron chi connectivity index (χ3n) is 3.77. The van der Waals surface area contributed by atoms with Gasteiger partial charge in [-0.1, -0.05) is 18.2 Å². The minimum atomic E-state index is -2.93. The summed E-state index contributed by atoms with van der Waals surface area (Å²) in [4.78, 5) is 14.1. The standard InChI is InChI=1S/C20H24F2N2O4/c1-4-27-16-8-6-5-7-15(16)23-19(25)13-24(2)12-14-9-10-17(28-20(21)22)18(11-14)26-3/h5-11,20H,4,12-13H2,1-3H3,(H,23,25). The molecule has 28 heavy (non-hydrogen) atoms. The summed E-state index contributed by atoms with van der Waals surface area (Å²) in [5.74, 6) is 0.593. The fraction of sp³-hybridized carbons (Fsp3) is 0.350. The van der Waals surface area contributed by atoms with Crippen LogP contribution in [-0.4, -0.2) is 44.7 Å². The maximum atomic E-state index is 12.4. The molecule has 0 radical (unpaired) electrons. The SMILES string of the molecule is CCOc1ccccc1NC(=O)CN(C)Cc1ccc(OC(F)F)c(OC)c1. The van der Waals surface area contributed by atoms with Gasteiger partial charge in [0.05, 0.1) is 25.9 Å². The Balaban J connectivity index is 1.96. The summed E-state index contributed by atoms with van der Waals surface area (Å²) in [5.41, 5.74) is 1.40. The largest absolute Gasteiger partial charge is 0.493 e. The zero-order valence-electron chi connectivity index (χ0n) is 16.1. The molecule has 0 aliphatic carbocycles. The first kappa shape index (κ1) is 21.4. The molecular weight excluding hydrogens is 370 g/mol. The Hall–Kier alpha value is -2.87. The molecule has 2 aromatic rings. The molecule has 0 unspecified atom stereocenters. The van der Waals surface area contributed by atoms with Gasteiger partial charge < -0.3 is 19.5 Å². The van der Waals surface area contributed by atoms with E-state index in [1.54, 1.807) is 36.2 Å². The zero-order valence-corrected chi connectivity index (χ0v) is 16.1. The average molecular weight is 394 g/mol. The molecule has 0 aliphatic rings. The van der Waals surface area contributed by atoms with Crippen LogP contribution < -0.4 is 19.5 Å². The van der Waals surface area contributed by atoms with E-state index in [4.69, 9.17) is 9.47 Å². The summed E-state index contributed by atoms with van der Waals surface area (Å²) in [7, 11) is 3.16. The van der Waals surface area contributed by atoms with Crippen LogP contribution in [0.4, 0.5) is 14.5 Å². The number of nitrogens with one attached hydrogen (secondary N) is 1. The molecule has 1 N–H and O–H groups in total. The van der Waals surface area contributed by atoms with Gasteiger partial charge in [0.15, 0.2) is 11.5 Å². The number of para-hydroxylation sites is 2. The lowest BCUT2D eigenvalue weighted by Gasteiger charge is -2.18. The van der Waals surface area contributed by atoms with Crippen molar-refractivity contribution in [3.05, 3.63) is 48.0 Å². The van der Waals surface area contributed by atoms with Crippen LogP contribution in [0.5, 0.6) is 17.2 Å². The van der Waals surface area contributed by atoms with Crippen molar-refractivity contribution in [3.8, 4) is 17.2 Å². The summed E-state index contributed by atoms with van der Waals surface area (Å²) in [6.45, 7) is 0.00732. The number of rotatable bonds is 10. The van der Waals surface area contributed by atoms with Gasteiger partial charge in [-0.2, -0.15) is 8.78 Å². The Kier molecular flexibility index (Phi) is 8.01. The highest BCUT2D eigenvalue weighted by Crippen LogP contribution is 2.30. The molecule has 2 rings (SSSR count). The summed E-state index contributed by atoms with van der Waals surface area (Å²) in [6, 6.07) is 11.9. The van der Waals surface area contributed by atoms with Crippen LogP contribution in [0.3, 0.4) is 0 Å². The molecule has 6 nitrogen and oxygen atoms in total. The van der Waals surface area contributed by atoms with Crippen molar-refractivity contribution >= 4 is 11.6 Å². The average Bonchev–Trinajstić information content (AvgIpc) is 2.64. The van der Waals surface area contributed by atoms with Gasteiger partial charge in [0, 0.05) is 6.54 Å². The van der Waals surface area contributed by atoms with Gasteiger partial charge in [-0.15, -0.1) is 0 Å². The first-order valence-electron chi connectivity index (χ1n) is 8.74. The van der Waals surface area contributed by atoms with Gasteiger partial charge in [-0.3, -0.25) is 9.69 Å². The number of hydrogen-bond acceptors (Lipinski definition) is 5. The van der Waals surface area contributed by atoms with Crippen LogP contribution in [0.15, 0.2) is 42.5 Å². The third-order valence-corrected chi connectivity index (χ3v) is 3.77. The topological polar surface area (TPSA) is 60.0 Å². The van der Waals surface area contributed by atoms with E-state index in [2.05, 4.69) is 10.1 Å². The molecule has 2 aromatic carbocycles. The first-order chi connectivity index (χ1) is 13.4. The molecule has 0 aromatic heterocycles.